The average Bonchev–Trinajstić information content (AvgIpc) is 3.47. The minimum atomic E-state index is 0.454. The molecular formula is C23H22ClN5OS. The van der Waals surface area contributed by atoms with Crippen LogP contribution in [0, 0.1) is 0 Å². The Labute approximate surface area is 190 Å². The van der Waals surface area contributed by atoms with Crippen LogP contribution >= 0.6 is 23.4 Å². The first-order valence-corrected chi connectivity index (χ1v) is 11.9. The van der Waals surface area contributed by atoms with Crippen molar-refractivity contribution in [3.8, 4) is 17.1 Å². The molecule has 31 heavy (non-hydrogen) atoms. The van der Waals surface area contributed by atoms with Crippen LogP contribution in [-0.4, -0.2) is 24.9 Å². The summed E-state index contributed by atoms with van der Waals surface area (Å²) in [6.07, 6.45) is 6.16. The molecule has 0 spiro atoms. The standard InChI is InChI=1S/C23H22ClN5OS/c24-18-13-11-16(12-14-18)21-25-20(30-28-21)15-31-23-27-26-22(17-7-3-1-4-8-17)29(23)19-9-5-2-6-10-19/h2,5-6,9-14,17H,1,3-4,7-8,15H2. The Morgan fingerprint density at radius 2 is 1.74 bits per heavy atom. The van der Waals surface area contributed by atoms with Crippen LogP contribution in [0.15, 0.2) is 64.3 Å². The lowest BCUT2D eigenvalue weighted by atomic mass is 9.88. The van der Waals surface area contributed by atoms with Gasteiger partial charge in [0.1, 0.15) is 5.82 Å². The molecule has 6 nitrogen and oxygen atoms in total. The lowest BCUT2D eigenvalue weighted by molar-refractivity contribution is 0.391. The monoisotopic (exact) mass is 451 g/mol. The van der Waals surface area contributed by atoms with Crippen molar-refractivity contribution in [1.29, 1.82) is 0 Å². The summed E-state index contributed by atoms with van der Waals surface area (Å²) in [5.41, 5.74) is 1.96. The first-order chi connectivity index (χ1) is 15.3. The van der Waals surface area contributed by atoms with E-state index in [0.29, 0.717) is 28.4 Å². The van der Waals surface area contributed by atoms with Gasteiger partial charge < -0.3 is 4.52 Å². The molecule has 2 aromatic heterocycles. The van der Waals surface area contributed by atoms with Gasteiger partial charge >= 0.3 is 0 Å². The van der Waals surface area contributed by atoms with E-state index in [1.165, 1.54) is 32.1 Å². The second-order valence-corrected chi connectivity index (χ2v) is 9.03. The minimum absolute atomic E-state index is 0.454. The largest absolute Gasteiger partial charge is 0.338 e. The highest BCUT2D eigenvalue weighted by molar-refractivity contribution is 7.98. The Bertz CT molecular complexity index is 1140. The van der Waals surface area contributed by atoms with E-state index in [1.54, 1.807) is 11.8 Å². The molecule has 2 heterocycles. The third kappa shape index (κ3) is 4.52. The highest BCUT2D eigenvalue weighted by Crippen LogP contribution is 2.35. The fraction of sp³-hybridized carbons (Fsp3) is 0.304. The van der Waals surface area contributed by atoms with Crippen molar-refractivity contribution < 1.29 is 4.52 Å². The number of hydrogen-bond acceptors (Lipinski definition) is 6. The number of para-hydroxylation sites is 1. The molecule has 4 aromatic rings. The molecule has 5 rings (SSSR count). The fourth-order valence-corrected chi connectivity index (χ4v) is 4.90. The zero-order valence-corrected chi connectivity index (χ0v) is 18.5. The van der Waals surface area contributed by atoms with Crippen molar-refractivity contribution in [2.75, 3.05) is 0 Å². The molecule has 0 saturated heterocycles. The maximum atomic E-state index is 5.96. The predicted molar refractivity (Wildman–Crippen MR) is 121 cm³/mol. The van der Waals surface area contributed by atoms with Crippen LogP contribution in [0.1, 0.15) is 49.7 Å². The Kier molecular flexibility index (Phi) is 6.04. The average molecular weight is 452 g/mol. The summed E-state index contributed by atoms with van der Waals surface area (Å²) in [7, 11) is 0. The van der Waals surface area contributed by atoms with Gasteiger partial charge in [-0.05, 0) is 49.2 Å². The number of hydrogen-bond donors (Lipinski definition) is 0. The van der Waals surface area contributed by atoms with Gasteiger partial charge in [0.15, 0.2) is 5.16 Å². The smallest absolute Gasteiger partial charge is 0.237 e. The maximum absolute atomic E-state index is 5.96. The molecule has 0 amide bonds. The van der Waals surface area contributed by atoms with Crippen molar-refractivity contribution in [2.24, 2.45) is 0 Å². The van der Waals surface area contributed by atoms with Crippen LogP contribution < -0.4 is 0 Å². The minimum Gasteiger partial charge on any atom is -0.338 e. The highest BCUT2D eigenvalue weighted by atomic mass is 35.5. The molecule has 0 N–H and O–H groups in total. The SMILES string of the molecule is Clc1ccc(-c2noc(CSc3nnc(C4CCCCC4)n3-c3ccccc3)n2)cc1. The molecule has 0 radical (unpaired) electrons. The van der Waals surface area contributed by atoms with Crippen LogP contribution in [-0.2, 0) is 5.75 Å². The van der Waals surface area contributed by atoms with Crippen LogP contribution in [0.5, 0.6) is 0 Å². The quantitative estimate of drug-likeness (QED) is 0.320. The van der Waals surface area contributed by atoms with E-state index in [0.717, 1.165) is 22.2 Å². The van der Waals surface area contributed by atoms with Gasteiger partial charge in [-0.15, -0.1) is 10.2 Å². The molecule has 1 saturated carbocycles. The number of benzene rings is 2. The molecule has 2 aromatic carbocycles. The molecule has 1 aliphatic carbocycles. The van der Waals surface area contributed by atoms with E-state index in [1.807, 2.05) is 42.5 Å². The molecule has 1 aliphatic rings. The normalized spacial score (nSPS) is 14.7. The highest BCUT2D eigenvalue weighted by Gasteiger charge is 2.24. The Hall–Kier alpha value is -2.64. The van der Waals surface area contributed by atoms with E-state index in [9.17, 15) is 0 Å². The van der Waals surface area contributed by atoms with Gasteiger partial charge in [-0.3, -0.25) is 4.57 Å². The number of thioether (sulfide) groups is 1. The van der Waals surface area contributed by atoms with Crippen molar-refractivity contribution in [3.05, 3.63) is 71.3 Å². The second kappa shape index (κ2) is 9.24. The molecule has 0 unspecified atom stereocenters. The Balaban J connectivity index is 1.38. The number of nitrogens with zero attached hydrogens (tertiary/aromatic N) is 5. The summed E-state index contributed by atoms with van der Waals surface area (Å²) >= 11 is 7.53. The summed E-state index contributed by atoms with van der Waals surface area (Å²) < 4.78 is 7.66. The van der Waals surface area contributed by atoms with E-state index >= 15 is 0 Å². The van der Waals surface area contributed by atoms with Crippen LogP contribution in [0.4, 0.5) is 0 Å². The first kappa shape index (κ1) is 20.3. The third-order valence-corrected chi connectivity index (χ3v) is 6.70. The molecule has 0 atom stereocenters. The number of halogens is 1. The van der Waals surface area contributed by atoms with Gasteiger partial charge in [-0.1, -0.05) is 66.0 Å². The van der Waals surface area contributed by atoms with Gasteiger partial charge in [0.2, 0.25) is 11.7 Å². The van der Waals surface area contributed by atoms with Gasteiger partial charge in [-0.2, -0.15) is 4.98 Å². The second-order valence-electron chi connectivity index (χ2n) is 7.65. The van der Waals surface area contributed by atoms with Gasteiger partial charge in [0, 0.05) is 22.2 Å². The van der Waals surface area contributed by atoms with E-state index in [-0.39, 0.29) is 0 Å². The Morgan fingerprint density at radius 3 is 2.52 bits per heavy atom. The maximum Gasteiger partial charge on any atom is 0.237 e. The molecule has 0 bridgehead atoms. The molecule has 158 valence electrons. The summed E-state index contributed by atoms with van der Waals surface area (Å²) in [5.74, 6) is 3.14. The van der Waals surface area contributed by atoms with Gasteiger partial charge in [0.25, 0.3) is 0 Å². The summed E-state index contributed by atoms with van der Waals surface area (Å²) in [6, 6.07) is 17.7. The van der Waals surface area contributed by atoms with E-state index in [2.05, 4.69) is 37.0 Å². The molecular weight excluding hydrogens is 430 g/mol. The van der Waals surface area contributed by atoms with Crippen molar-refractivity contribution >= 4 is 23.4 Å². The van der Waals surface area contributed by atoms with Crippen LogP contribution in [0.3, 0.4) is 0 Å². The lowest BCUT2D eigenvalue weighted by Crippen LogP contribution is -2.11. The number of rotatable bonds is 6. The van der Waals surface area contributed by atoms with Gasteiger partial charge in [-0.25, -0.2) is 0 Å². The van der Waals surface area contributed by atoms with Crippen molar-refractivity contribution in [1.82, 2.24) is 24.9 Å². The van der Waals surface area contributed by atoms with E-state index < -0.39 is 0 Å². The lowest BCUT2D eigenvalue weighted by Gasteiger charge is -2.22. The summed E-state index contributed by atoms with van der Waals surface area (Å²) in [6.45, 7) is 0. The predicted octanol–water partition coefficient (Wildman–Crippen LogP) is 6.31. The third-order valence-electron chi connectivity index (χ3n) is 5.54. The Morgan fingerprint density at radius 1 is 0.968 bits per heavy atom. The zero-order valence-electron chi connectivity index (χ0n) is 16.9. The topological polar surface area (TPSA) is 69.6 Å². The summed E-state index contributed by atoms with van der Waals surface area (Å²) in [5, 5.41) is 14.8. The van der Waals surface area contributed by atoms with E-state index in [4.69, 9.17) is 16.1 Å². The van der Waals surface area contributed by atoms with Crippen molar-refractivity contribution in [3.63, 3.8) is 0 Å². The molecule has 1 fully saturated rings. The molecule has 0 aliphatic heterocycles. The first-order valence-electron chi connectivity index (χ1n) is 10.5. The van der Waals surface area contributed by atoms with Crippen LogP contribution in [0.25, 0.3) is 17.1 Å². The molecule has 8 heteroatoms. The van der Waals surface area contributed by atoms with Crippen LogP contribution in [0.2, 0.25) is 5.02 Å². The summed E-state index contributed by atoms with van der Waals surface area (Å²) in [4.78, 5) is 4.53. The fourth-order valence-electron chi connectivity index (χ4n) is 3.98. The number of aromatic nitrogens is 5. The van der Waals surface area contributed by atoms with Crippen molar-refractivity contribution in [2.45, 2.75) is 48.9 Å². The van der Waals surface area contributed by atoms with Gasteiger partial charge in [0.05, 0.1) is 5.75 Å². The zero-order chi connectivity index (χ0) is 21.0.